The first kappa shape index (κ1) is 11.7. The normalized spacial score (nSPS) is 20.5. The molecule has 0 aromatic heterocycles. The van der Waals surface area contributed by atoms with Gasteiger partial charge in [0.2, 0.25) is 5.91 Å². The molecule has 6 nitrogen and oxygen atoms in total. The molecule has 1 amide bonds. The van der Waals surface area contributed by atoms with E-state index in [9.17, 15) is 9.59 Å². The van der Waals surface area contributed by atoms with E-state index < -0.39 is 18.9 Å². The molecule has 1 heterocycles. The first-order valence-electron chi connectivity index (χ1n) is 4.51. The van der Waals surface area contributed by atoms with Gasteiger partial charge in [0.1, 0.15) is 18.6 Å². The lowest BCUT2D eigenvalue weighted by Gasteiger charge is -2.21. The molecule has 1 aliphatic heterocycles. The molecule has 0 saturated carbocycles. The van der Waals surface area contributed by atoms with Gasteiger partial charge in [-0.25, -0.2) is 4.79 Å². The van der Waals surface area contributed by atoms with Crippen molar-refractivity contribution in [2.75, 3.05) is 13.4 Å². The second-order valence-electron chi connectivity index (χ2n) is 3.06. The summed E-state index contributed by atoms with van der Waals surface area (Å²) in [5.41, 5.74) is 0.155. The minimum Gasteiger partial charge on any atom is -0.455 e. The molecule has 1 rings (SSSR count). The molecule has 0 bridgehead atoms. The number of aliphatic hydroxyl groups excluding tert-OH is 1. The van der Waals surface area contributed by atoms with E-state index in [0.29, 0.717) is 6.42 Å². The number of amides is 1. The van der Waals surface area contributed by atoms with Crippen LogP contribution in [0.2, 0.25) is 0 Å². The van der Waals surface area contributed by atoms with Crippen molar-refractivity contribution in [1.82, 2.24) is 5.32 Å². The predicted octanol–water partition coefficient (Wildman–Crippen LogP) is -0.712. The molecule has 0 unspecified atom stereocenters. The fourth-order valence-electron chi connectivity index (χ4n) is 1.17. The molecule has 0 aromatic carbocycles. The van der Waals surface area contributed by atoms with Crippen LogP contribution in [0.4, 0.5) is 0 Å². The van der Waals surface area contributed by atoms with E-state index in [2.05, 4.69) is 5.32 Å². The molecular formula is C9H13NO5. The zero-order valence-electron chi connectivity index (χ0n) is 8.36. The standard InChI is InChI=1S/C9H13NO5/c1-6(12)10-8-3-2-7(4-14-5-11)15-9(8)13/h3,7,11H,2,4-5H2,1H3,(H,10,12)/t7-/m0/s1. The SMILES string of the molecule is CC(=O)NC1=CC[C@@H](COCO)OC1=O. The van der Waals surface area contributed by atoms with Crippen LogP contribution in [0.15, 0.2) is 11.8 Å². The van der Waals surface area contributed by atoms with Gasteiger partial charge in [0.15, 0.2) is 0 Å². The van der Waals surface area contributed by atoms with Crippen molar-refractivity contribution in [3.8, 4) is 0 Å². The van der Waals surface area contributed by atoms with Crippen molar-refractivity contribution in [1.29, 1.82) is 0 Å². The lowest BCUT2D eigenvalue weighted by atomic mass is 10.2. The summed E-state index contributed by atoms with van der Waals surface area (Å²) in [6.07, 6.45) is 1.64. The summed E-state index contributed by atoms with van der Waals surface area (Å²) >= 11 is 0. The second kappa shape index (κ2) is 5.47. The lowest BCUT2D eigenvalue weighted by Crippen LogP contribution is -2.34. The third-order valence-corrected chi connectivity index (χ3v) is 1.78. The molecule has 0 spiro atoms. The van der Waals surface area contributed by atoms with Crippen LogP contribution in [-0.4, -0.2) is 36.5 Å². The van der Waals surface area contributed by atoms with Gasteiger partial charge in [0, 0.05) is 13.3 Å². The Bertz CT molecular complexity index is 286. The molecule has 6 heteroatoms. The zero-order chi connectivity index (χ0) is 11.3. The van der Waals surface area contributed by atoms with E-state index in [-0.39, 0.29) is 18.2 Å². The summed E-state index contributed by atoms with van der Waals surface area (Å²) in [5.74, 6) is -0.897. The Hall–Kier alpha value is -1.40. The van der Waals surface area contributed by atoms with Gasteiger partial charge in [0.05, 0.1) is 6.61 Å². The Balaban J connectivity index is 2.48. The Kier molecular flexibility index (Phi) is 4.26. The van der Waals surface area contributed by atoms with E-state index >= 15 is 0 Å². The largest absolute Gasteiger partial charge is 0.455 e. The fraction of sp³-hybridized carbons (Fsp3) is 0.556. The maximum absolute atomic E-state index is 11.3. The number of rotatable bonds is 4. The minimum absolute atomic E-state index is 0.145. The molecule has 1 atom stereocenters. The van der Waals surface area contributed by atoms with Crippen LogP contribution in [-0.2, 0) is 19.1 Å². The number of esters is 1. The van der Waals surface area contributed by atoms with Gasteiger partial charge in [-0.05, 0) is 6.08 Å². The maximum atomic E-state index is 11.3. The monoisotopic (exact) mass is 215 g/mol. The molecule has 0 radical (unpaired) electrons. The molecule has 0 fully saturated rings. The van der Waals surface area contributed by atoms with Gasteiger partial charge in [-0.3, -0.25) is 4.79 Å². The van der Waals surface area contributed by atoms with Gasteiger partial charge < -0.3 is 19.9 Å². The first-order chi connectivity index (χ1) is 7.13. The highest BCUT2D eigenvalue weighted by Gasteiger charge is 2.23. The van der Waals surface area contributed by atoms with E-state index in [1.165, 1.54) is 6.92 Å². The van der Waals surface area contributed by atoms with Gasteiger partial charge in [-0.15, -0.1) is 0 Å². The van der Waals surface area contributed by atoms with Crippen molar-refractivity contribution in [2.45, 2.75) is 19.4 Å². The summed E-state index contributed by atoms with van der Waals surface area (Å²) in [4.78, 5) is 22.0. The number of carbonyl (C=O) groups is 2. The highest BCUT2D eigenvalue weighted by atomic mass is 16.6. The highest BCUT2D eigenvalue weighted by Crippen LogP contribution is 2.12. The van der Waals surface area contributed by atoms with Gasteiger partial charge in [-0.1, -0.05) is 0 Å². The van der Waals surface area contributed by atoms with Crippen LogP contribution >= 0.6 is 0 Å². The average Bonchev–Trinajstić information content (AvgIpc) is 2.18. The quantitative estimate of drug-likeness (QED) is 0.478. The third-order valence-electron chi connectivity index (χ3n) is 1.78. The molecule has 1 aliphatic rings. The van der Waals surface area contributed by atoms with Crippen molar-refractivity contribution in [3.05, 3.63) is 11.8 Å². The number of aliphatic hydroxyl groups is 1. The summed E-state index contributed by atoms with van der Waals surface area (Å²) in [6, 6.07) is 0. The maximum Gasteiger partial charge on any atom is 0.354 e. The van der Waals surface area contributed by atoms with Crippen LogP contribution in [0.25, 0.3) is 0 Å². The van der Waals surface area contributed by atoms with Gasteiger partial charge >= 0.3 is 5.97 Å². The summed E-state index contributed by atoms with van der Waals surface area (Å²) < 4.78 is 9.64. The Morgan fingerprint density at radius 1 is 1.80 bits per heavy atom. The number of cyclic esters (lactones) is 1. The molecular weight excluding hydrogens is 202 g/mol. The van der Waals surface area contributed by atoms with Gasteiger partial charge in [-0.2, -0.15) is 0 Å². The highest BCUT2D eigenvalue weighted by molar-refractivity contribution is 5.93. The van der Waals surface area contributed by atoms with Crippen LogP contribution in [0.3, 0.4) is 0 Å². The van der Waals surface area contributed by atoms with Crippen molar-refractivity contribution in [2.24, 2.45) is 0 Å². The fourth-order valence-corrected chi connectivity index (χ4v) is 1.17. The van der Waals surface area contributed by atoms with Crippen LogP contribution < -0.4 is 5.32 Å². The van der Waals surface area contributed by atoms with E-state index in [4.69, 9.17) is 14.6 Å². The number of ether oxygens (including phenoxy) is 2. The van der Waals surface area contributed by atoms with Gasteiger partial charge in [0.25, 0.3) is 0 Å². The van der Waals surface area contributed by atoms with Crippen molar-refractivity contribution >= 4 is 11.9 Å². The lowest BCUT2D eigenvalue weighted by molar-refractivity contribution is -0.152. The first-order valence-corrected chi connectivity index (χ1v) is 4.51. The molecule has 0 aliphatic carbocycles. The number of carbonyl (C=O) groups excluding carboxylic acids is 2. The molecule has 2 N–H and O–H groups in total. The molecule has 0 saturated heterocycles. The number of hydrogen-bond donors (Lipinski definition) is 2. The summed E-state index contributed by atoms with van der Waals surface area (Å²) in [7, 11) is 0. The second-order valence-corrected chi connectivity index (χ2v) is 3.06. The van der Waals surface area contributed by atoms with Crippen molar-refractivity contribution < 1.29 is 24.2 Å². The molecule has 15 heavy (non-hydrogen) atoms. The Morgan fingerprint density at radius 3 is 3.07 bits per heavy atom. The zero-order valence-corrected chi connectivity index (χ0v) is 8.36. The van der Waals surface area contributed by atoms with E-state index in [0.717, 1.165) is 0 Å². The third kappa shape index (κ3) is 3.69. The van der Waals surface area contributed by atoms with Crippen LogP contribution in [0, 0.1) is 0 Å². The topological polar surface area (TPSA) is 84.9 Å². The Morgan fingerprint density at radius 2 is 2.53 bits per heavy atom. The minimum atomic E-state index is -0.581. The Labute approximate surface area is 86.9 Å². The van der Waals surface area contributed by atoms with Crippen LogP contribution in [0.1, 0.15) is 13.3 Å². The average molecular weight is 215 g/mol. The van der Waals surface area contributed by atoms with E-state index in [1.807, 2.05) is 0 Å². The summed E-state index contributed by atoms with van der Waals surface area (Å²) in [6.45, 7) is 1.05. The number of hydrogen-bond acceptors (Lipinski definition) is 5. The smallest absolute Gasteiger partial charge is 0.354 e. The van der Waals surface area contributed by atoms with Crippen molar-refractivity contribution in [3.63, 3.8) is 0 Å². The molecule has 0 aromatic rings. The van der Waals surface area contributed by atoms with Crippen LogP contribution in [0.5, 0.6) is 0 Å². The van der Waals surface area contributed by atoms with E-state index in [1.54, 1.807) is 6.08 Å². The molecule has 84 valence electrons. The number of nitrogens with one attached hydrogen (secondary N) is 1. The summed E-state index contributed by atoms with van der Waals surface area (Å²) in [5, 5.41) is 10.8. The predicted molar refractivity (Wildman–Crippen MR) is 49.4 cm³/mol.